The van der Waals surface area contributed by atoms with Crippen LogP contribution in [0.15, 0.2) is 84.9 Å². The van der Waals surface area contributed by atoms with Gasteiger partial charge in [0, 0.05) is 60.1 Å². The molecule has 0 radical (unpaired) electrons. The Morgan fingerprint density at radius 1 is 0.897 bits per heavy atom. The summed E-state index contributed by atoms with van der Waals surface area (Å²) in [6.07, 6.45) is 0.806. The lowest BCUT2D eigenvalue weighted by atomic mass is 10.0. The molecule has 1 aliphatic rings. The summed E-state index contributed by atoms with van der Waals surface area (Å²) < 4.78 is 2.39. The number of carbonyl (C=O) groups excluding carboxylic acids is 1. The van der Waals surface area contributed by atoms with E-state index in [0.29, 0.717) is 0 Å². The minimum absolute atomic E-state index is 0.126. The average molecular weight is 519 g/mol. The van der Waals surface area contributed by atoms with Crippen LogP contribution in [0.2, 0.25) is 0 Å². The van der Waals surface area contributed by atoms with E-state index in [1.807, 2.05) is 13.8 Å². The van der Waals surface area contributed by atoms with Crippen LogP contribution in [0.25, 0.3) is 32.6 Å². The van der Waals surface area contributed by atoms with Crippen molar-refractivity contribution < 1.29 is 4.79 Å². The first-order valence-corrected chi connectivity index (χ1v) is 14.3. The van der Waals surface area contributed by atoms with Gasteiger partial charge >= 0.3 is 0 Å². The van der Waals surface area contributed by atoms with Gasteiger partial charge in [0.25, 0.3) is 0 Å². The number of aryl methyl sites for hydroxylation is 1. The molecule has 0 aliphatic carbocycles. The molecule has 4 aromatic carbocycles. The predicted octanol–water partition coefficient (Wildman–Crippen LogP) is 6.22. The van der Waals surface area contributed by atoms with Gasteiger partial charge in [0.1, 0.15) is 0 Å². The molecule has 0 unspecified atom stereocenters. The Balaban J connectivity index is 1.22. The zero-order chi connectivity index (χ0) is 26.9. The number of carbonyl (C=O) groups is 1. The Morgan fingerprint density at radius 3 is 2.46 bits per heavy atom. The highest BCUT2D eigenvalue weighted by molar-refractivity contribution is 6.08. The lowest BCUT2D eigenvalue weighted by molar-refractivity contribution is -0.126. The van der Waals surface area contributed by atoms with Crippen LogP contribution >= 0.6 is 0 Å². The highest BCUT2D eigenvalue weighted by atomic mass is 16.2. The van der Waals surface area contributed by atoms with Crippen LogP contribution in [0.3, 0.4) is 0 Å². The normalized spacial score (nSPS) is 18.1. The van der Waals surface area contributed by atoms with Crippen molar-refractivity contribution in [3.8, 4) is 0 Å². The molecule has 0 spiro atoms. The molecule has 5 aromatic rings. The molecular formula is C34H38N4O. The van der Waals surface area contributed by atoms with E-state index in [1.54, 1.807) is 0 Å². The zero-order valence-electron chi connectivity index (χ0n) is 23.2. The summed E-state index contributed by atoms with van der Waals surface area (Å²) in [6, 6.07) is 30.7. The highest BCUT2D eigenvalue weighted by Crippen LogP contribution is 2.30. The summed E-state index contributed by atoms with van der Waals surface area (Å²) in [5, 5.41) is 12.1. The van der Waals surface area contributed by atoms with Crippen LogP contribution in [0, 0.1) is 0 Å². The number of nitrogens with zero attached hydrogens (tertiary/aromatic N) is 2. The monoisotopic (exact) mass is 518 g/mol. The number of para-hydroxylation sites is 1. The topological polar surface area (TPSA) is 49.3 Å². The molecule has 1 aliphatic heterocycles. The zero-order valence-corrected chi connectivity index (χ0v) is 23.2. The van der Waals surface area contributed by atoms with Gasteiger partial charge in [0.2, 0.25) is 5.91 Å². The van der Waals surface area contributed by atoms with Crippen LogP contribution < -0.4 is 10.6 Å². The number of hydrogen-bond acceptors (Lipinski definition) is 3. The van der Waals surface area contributed by atoms with Gasteiger partial charge in [-0.1, -0.05) is 66.7 Å². The fourth-order valence-electron chi connectivity index (χ4n) is 6.34. The molecule has 1 amide bonds. The molecule has 1 saturated heterocycles. The second-order valence-corrected chi connectivity index (χ2v) is 11.2. The molecule has 1 fully saturated rings. The van der Waals surface area contributed by atoms with Gasteiger partial charge < -0.3 is 15.2 Å². The van der Waals surface area contributed by atoms with E-state index in [-0.39, 0.29) is 24.0 Å². The first kappa shape index (κ1) is 25.6. The summed E-state index contributed by atoms with van der Waals surface area (Å²) in [6.45, 7) is 9.61. The van der Waals surface area contributed by atoms with Crippen LogP contribution in [0.5, 0.6) is 0 Å². The second-order valence-electron chi connectivity index (χ2n) is 11.2. The second kappa shape index (κ2) is 10.8. The third-order valence-electron chi connectivity index (χ3n) is 8.14. The molecule has 2 atom stereocenters. The lowest BCUT2D eigenvalue weighted by Gasteiger charge is -2.25. The number of hydrogen-bond donors (Lipinski definition) is 2. The predicted molar refractivity (Wildman–Crippen MR) is 162 cm³/mol. The van der Waals surface area contributed by atoms with Gasteiger partial charge in [0.05, 0.1) is 6.04 Å². The molecule has 1 aromatic heterocycles. The number of aromatic nitrogens is 1. The molecule has 39 heavy (non-hydrogen) atoms. The number of rotatable bonds is 8. The Morgan fingerprint density at radius 2 is 1.64 bits per heavy atom. The van der Waals surface area contributed by atoms with Gasteiger partial charge in [0.15, 0.2) is 0 Å². The molecule has 5 heteroatoms. The Hall–Kier alpha value is -3.67. The Labute approximate surface area is 230 Å². The minimum atomic E-state index is -0.145. The molecular weight excluding hydrogens is 480 g/mol. The molecule has 0 bridgehead atoms. The first-order chi connectivity index (χ1) is 19.0. The molecule has 5 nitrogen and oxygen atoms in total. The van der Waals surface area contributed by atoms with E-state index in [9.17, 15) is 4.79 Å². The average Bonchev–Trinajstić information content (AvgIpc) is 3.50. The molecule has 0 saturated carbocycles. The van der Waals surface area contributed by atoms with Crippen molar-refractivity contribution in [3.63, 3.8) is 0 Å². The first-order valence-electron chi connectivity index (χ1n) is 14.3. The van der Waals surface area contributed by atoms with Crippen molar-refractivity contribution in [2.75, 3.05) is 6.54 Å². The fourth-order valence-corrected chi connectivity index (χ4v) is 6.34. The highest BCUT2D eigenvalue weighted by Gasteiger charge is 2.36. The van der Waals surface area contributed by atoms with Crippen LogP contribution in [0.1, 0.15) is 38.3 Å². The maximum atomic E-state index is 13.3. The van der Waals surface area contributed by atoms with E-state index in [0.717, 1.165) is 32.6 Å². The van der Waals surface area contributed by atoms with Gasteiger partial charge in [-0.15, -0.1) is 0 Å². The summed E-state index contributed by atoms with van der Waals surface area (Å²) in [4.78, 5) is 15.6. The van der Waals surface area contributed by atoms with Crippen molar-refractivity contribution in [3.05, 3.63) is 96.1 Å². The minimum Gasteiger partial charge on any atom is -0.353 e. The SMILES string of the molecule is CCn1c2ccccc2c2cc(CN[C@H]3C[C@@H](C(=O)NC(C)C)N(Cc4cccc5ccccc45)C3)ccc21. The van der Waals surface area contributed by atoms with Gasteiger partial charge in [-0.2, -0.15) is 0 Å². The molecule has 200 valence electrons. The van der Waals surface area contributed by atoms with E-state index < -0.39 is 0 Å². The molecule has 6 rings (SSSR count). The standard InChI is InChI=1S/C34H38N4O/c1-4-38-31-15-8-7-14-29(31)30-18-24(16-17-32(30)38)20-35-27-19-33(34(39)36-23(2)3)37(22-27)21-26-12-9-11-25-10-5-6-13-28(25)26/h5-18,23,27,33,35H,4,19-22H2,1-3H3,(H,36,39)/t27-,33-/m0/s1. The summed E-state index contributed by atoms with van der Waals surface area (Å²) in [5.41, 5.74) is 5.13. The van der Waals surface area contributed by atoms with Crippen LogP contribution in [0.4, 0.5) is 0 Å². The van der Waals surface area contributed by atoms with Crippen molar-refractivity contribution in [1.29, 1.82) is 0 Å². The van der Waals surface area contributed by atoms with Crippen LogP contribution in [-0.4, -0.2) is 40.0 Å². The van der Waals surface area contributed by atoms with E-state index in [4.69, 9.17) is 0 Å². The van der Waals surface area contributed by atoms with Crippen molar-refractivity contribution >= 4 is 38.5 Å². The van der Waals surface area contributed by atoms with E-state index in [1.165, 1.54) is 43.7 Å². The maximum Gasteiger partial charge on any atom is 0.237 e. The molecule has 2 N–H and O–H groups in total. The number of benzene rings is 4. The lowest BCUT2D eigenvalue weighted by Crippen LogP contribution is -2.45. The Bertz CT molecular complexity index is 1630. The van der Waals surface area contributed by atoms with Gasteiger partial charge in [-0.25, -0.2) is 0 Å². The fraction of sp³-hybridized carbons (Fsp3) is 0.324. The van der Waals surface area contributed by atoms with Crippen molar-refractivity contribution in [2.45, 2.75) is 65.0 Å². The maximum absolute atomic E-state index is 13.3. The summed E-state index contributed by atoms with van der Waals surface area (Å²) in [5.74, 6) is 0.128. The quantitative estimate of drug-likeness (QED) is 0.256. The van der Waals surface area contributed by atoms with Crippen LogP contribution in [-0.2, 0) is 24.4 Å². The summed E-state index contributed by atoms with van der Waals surface area (Å²) >= 11 is 0. The number of likely N-dealkylation sites (tertiary alicyclic amines) is 1. The van der Waals surface area contributed by atoms with E-state index in [2.05, 4.69) is 112 Å². The third-order valence-corrected chi connectivity index (χ3v) is 8.14. The smallest absolute Gasteiger partial charge is 0.237 e. The Kier molecular flexibility index (Phi) is 7.11. The van der Waals surface area contributed by atoms with Crippen molar-refractivity contribution in [2.24, 2.45) is 0 Å². The van der Waals surface area contributed by atoms with Gasteiger partial charge in [-0.3, -0.25) is 9.69 Å². The number of amides is 1. The number of fused-ring (bicyclic) bond motifs is 4. The van der Waals surface area contributed by atoms with Gasteiger partial charge in [-0.05, 0) is 67.3 Å². The molecule has 2 heterocycles. The van der Waals surface area contributed by atoms with Crippen molar-refractivity contribution in [1.82, 2.24) is 20.1 Å². The number of nitrogens with one attached hydrogen (secondary N) is 2. The third kappa shape index (κ3) is 5.05. The van der Waals surface area contributed by atoms with E-state index >= 15 is 0 Å². The largest absolute Gasteiger partial charge is 0.353 e. The summed E-state index contributed by atoms with van der Waals surface area (Å²) in [7, 11) is 0.